The Labute approximate surface area is 101 Å². The van der Waals surface area contributed by atoms with Gasteiger partial charge < -0.3 is 9.15 Å². The Morgan fingerprint density at radius 2 is 1.88 bits per heavy atom. The first-order valence-corrected chi connectivity index (χ1v) is 5.43. The highest BCUT2D eigenvalue weighted by Gasteiger charge is 2.03. The van der Waals surface area contributed by atoms with E-state index < -0.39 is 0 Å². The van der Waals surface area contributed by atoms with Crippen molar-refractivity contribution in [1.29, 1.82) is 0 Å². The van der Waals surface area contributed by atoms with E-state index in [-0.39, 0.29) is 5.63 Å². The molecule has 0 bridgehead atoms. The molecule has 82 valence electrons. The molecule has 0 atom stereocenters. The smallest absolute Gasteiger partial charge is 0.350 e. The summed E-state index contributed by atoms with van der Waals surface area (Å²) in [4.78, 5) is 11.1. The summed E-state index contributed by atoms with van der Waals surface area (Å²) in [6.45, 7) is 0. The van der Waals surface area contributed by atoms with E-state index in [0.717, 1.165) is 16.9 Å². The lowest BCUT2D eigenvalue weighted by Crippen LogP contribution is -1.98. The summed E-state index contributed by atoms with van der Waals surface area (Å²) in [6, 6.07) is 9.25. The molecule has 0 radical (unpaired) electrons. The third kappa shape index (κ3) is 2.17. The van der Waals surface area contributed by atoms with Crippen LogP contribution in [0.4, 0.5) is 0 Å². The Kier molecular flexibility index (Phi) is 3.10. The average Bonchev–Trinajstić information content (AvgIpc) is 2.33. The molecule has 0 saturated carbocycles. The van der Waals surface area contributed by atoms with Crippen LogP contribution in [0.5, 0.6) is 5.75 Å². The molecule has 2 aromatic rings. The molecule has 0 fully saturated rings. The Morgan fingerprint density at radius 3 is 2.44 bits per heavy atom. The summed E-state index contributed by atoms with van der Waals surface area (Å²) in [5, 5.41) is 0. The van der Waals surface area contributed by atoms with Crippen LogP contribution in [0.15, 0.2) is 50.3 Å². The average molecular weight is 281 g/mol. The van der Waals surface area contributed by atoms with E-state index in [9.17, 15) is 4.79 Å². The van der Waals surface area contributed by atoms with Crippen molar-refractivity contribution >= 4 is 15.9 Å². The molecule has 1 aromatic carbocycles. The third-order valence-electron chi connectivity index (χ3n) is 2.19. The SMILES string of the molecule is COc1ccc(-c2coc(=O)c(Br)c2)cc1. The molecule has 0 aliphatic rings. The van der Waals surface area contributed by atoms with Gasteiger partial charge in [-0.2, -0.15) is 0 Å². The molecular formula is C12H9BrO3. The second kappa shape index (κ2) is 4.53. The Bertz CT molecular complexity index is 543. The zero-order chi connectivity index (χ0) is 11.5. The van der Waals surface area contributed by atoms with Crippen molar-refractivity contribution < 1.29 is 9.15 Å². The zero-order valence-electron chi connectivity index (χ0n) is 8.57. The predicted molar refractivity (Wildman–Crippen MR) is 64.7 cm³/mol. The molecule has 0 unspecified atom stereocenters. The van der Waals surface area contributed by atoms with Gasteiger partial charge in [-0.25, -0.2) is 4.79 Å². The van der Waals surface area contributed by atoms with Gasteiger partial charge in [-0.3, -0.25) is 0 Å². The van der Waals surface area contributed by atoms with Crippen LogP contribution >= 0.6 is 15.9 Å². The van der Waals surface area contributed by atoms with E-state index in [1.807, 2.05) is 24.3 Å². The molecule has 0 spiro atoms. The first-order valence-electron chi connectivity index (χ1n) is 4.63. The highest BCUT2D eigenvalue weighted by Crippen LogP contribution is 2.23. The maximum absolute atomic E-state index is 11.1. The number of ether oxygens (including phenoxy) is 1. The van der Waals surface area contributed by atoms with Crippen LogP contribution in [0.25, 0.3) is 11.1 Å². The third-order valence-corrected chi connectivity index (χ3v) is 2.75. The maximum Gasteiger partial charge on any atom is 0.350 e. The van der Waals surface area contributed by atoms with Gasteiger partial charge in [-0.1, -0.05) is 12.1 Å². The van der Waals surface area contributed by atoms with Crippen LogP contribution < -0.4 is 10.4 Å². The molecule has 0 amide bonds. The number of methoxy groups -OCH3 is 1. The summed E-state index contributed by atoms with van der Waals surface area (Å²) in [6.07, 6.45) is 1.44. The fourth-order valence-corrected chi connectivity index (χ4v) is 1.68. The molecule has 0 aliphatic carbocycles. The standard InChI is InChI=1S/C12H9BrO3/c1-15-10-4-2-8(3-5-10)9-6-11(13)12(14)16-7-9/h2-7H,1H3. The first-order chi connectivity index (χ1) is 7.70. The number of halogens is 1. The Morgan fingerprint density at radius 1 is 1.19 bits per heavy atom. The summed E-state index contributed by atoms with van der Waals surface area (Å²) in [5.74, 6) is 0.792. The monoisotopic (exact) mass is 280 g/mol. The molecule has 0 N–H and O–H groups in total. The van der Waals surface area contributed by atoms with Crippen molar-refractivity contribution in [3.05, 3.63) is 51.5 Å². The van der Waals surface area contributed by atoms with E-state index in [2.05, 4.69) is 15.9 Å². The van der Waals surface area contributed by atoms with Gasteiger partial charge in [0, 0.05) is 5.56 Å². The molecular weight excluding hydrogens is 272 g/mol. The topological polar surface area (TPSA) is 39.4 Å². The molecule has 16 heavy (non-hydrogen) atoms. The second-order valence-electron chi connectivity index (χ2n) is 3.20. The number of benzene rings is 1. The van der Waals surface area contributed by atoms with Crippen LogP contribution in [-0.4, -0.2) is 7.11 Å². The van der Waals surface area contributed by atoms with Crippen LogP contribution in [0.1, 0.15) is 0 Å². The van der Waals surface area contributed by atoms with Crippen molar-refractivity contribution in [3.8, 4) is 16.9 Å². The van der Waals surface area contributed by atoms with Gasteiger partial charge in [0.1, 0.15) is 16.5 Å². The summed E-state index contributed by atoms with van der Waals surface area (Å²) in [7, 11) is 1.62. The second-order valence-corrected chi connectivity index (χ2v) is 4.05. The minimum Gasteiger partial charge on any atom is -0.497 e. The summed E-state index contributed by atoms with van der Waals surface area (Å²) in [5.41, 5.74) is 1.43. The van der Waals surface area contributed by atoms with Gasteiger partial charge in [0.25, 0.3) is 0 Å². The lowest BCUT2D eigenvalue weighted by Gasteiger charge is -2.03. The normalized spacial score (nSPS) is 10.1. The van der Waals surface area contributed by atoms with Gasteiger partial charge in [-0.15, -0.1) is 0 Å². The van der Waals surface area contributed by atoms with Gasteiger partial charge in [0.15, 0.2) is 0 Å². The van der Waals surface area contributed by atoms with Gasteiger partial charge in [-0.05, 0) is 39.7 Å². The van der Waals surface area contributed by atoms with Gasteiger partial charge >= 0.3 is 5.63 Å². The lowest BCUT2D eigenvalue weighted by atomic mass is 10.1. The van der Waals surface area contributed by atoms with Crippen LogP contribution in [0, 0.1) is 0 Å². The highest BCUT2D eigenvalue weighted by molar-refractivity contribution is 9.10. The van der Waals surface area contributed by atoms with Crippen LogP contribution in [0.2, 0.25) is 0 Å². The van der Waals surface area contributed by atoms with Crippen LogP contribution in [0.3, 0.4) is 0 Å². The van der Waals surface area contributed by atoms with Crippen molar-refractivity contribution in [1.82, 2.24) is 0 Å². The quantitative estimate of drug-likeness (QED) is 0.849. The maximum atomic E-state index is 11.1. The lowest BCUT2D eigenvalue weighted by molar-refractivity contribution is 0.415. The van der Waals surface area contributed by atoms with Crippen LogP contribution in [-0.2, 0) is 0 Å². The number of hydrogen-bond donors (Lipinski definition) is 0. The van der Waals surface area contributed by atoms with Gasteiger partial charge in [0.2, 0.25) is 0 Å². The van der Waals surface area contributed by atoms with Crippen molar-refractivity contribution in [2.45, 2.75) is 0 Å². The molecule has 2 rings (SSSR count). The minimum absolute atomic E-state index is 0.378. The molecule has 0 saturated heterocycles. The fraction of sp³-hybridized carbons (Fsp3) is 0.0833. The van der Waals surface area contributed by atoms with Gasteiger partial charge in [0.05, 0.1) is 7.11 Å². The highest BCUT2D eigenvalue weighted by atomic mass is 79.9. The van der Waals surface area contributed by atoms with Crippen molar-refractivity contribution in [2.75, 3.05) is 7.11 Å². The van der Waals surface area contributed by atoms with E-state index >= 15 is 0 Å². The van der Waals surface area contributed by atoms with Crippen molar-refractivity contribution in [3.63, 3.8) is 0 Å². The molecule has 1 heterocycles. The molecule has 3 nitrogen and oxygen atoms in total. The number of rotatable bonds is 2. The molecule has 0 aliphatic heterocycles. The molecule has 4 heteroatoms. The minimum atomic E-state index is -0.378. The fourth-order valence-electron chi connectivity index (χ4n) is 1.34. The Balaban J connectivity index is 2.42. The predicted octanol–water partition coefficient (Wildman–Crippen LogP) is 3.08. The zero-order valence-corrected chi connectivity index (χ0v) is 10.2. The van der Waals surface area contributed by atoms with Crippen molar-refractivity contribution in [2.24, 2.45) is 0 Å². The van der Waals surface area contributed by atoms with E-state index in [4.69, 9.17) is 9.15 Å². The first kappa shape index (κ1) is 11.0. The largest absolute Gasteiger partial charge is 0.497 e. The molecule has 1 aromatic heterocycles. The summed E-state index contributed by atoms with van der Waals surface area (Å²) >= 11 is 3.14. The van der Waals surface area contributed by atoms with E-state index in [0.29, 0.717) is 4.47 Å². The summed E-state index contributed by atoms with van der Waals surface area (Å²) < 4.78 is 10.3. The van der Waals surface area contributed by atoms with E-state index in [1.165, 1.54) is 6.26 Å². The van der Waals surface area contributed by atoms with E-state index in [1.54, 1.807) is 13.2 Å². The number of hydrogen-bond acceptors (Lipinski definition) is 3. The Hall–Kier alpha value is -1.55.